The summed E-state index contributed by atoms with van der Waals surface area (Å²) in [7, 11) is 1.69. The van der Waals surface area contributed by atoms with Crippen molar-refractivity contribution in [1.29, 1.82) is 0 Å². The largest absolute Gasteiger partial charge is 0.497 e. The van der Waals surface area contributed by atoms with E-state index in [9.17, 15) is 0 Å². The first-order valence-electron chi connectivity index (χ1n) is 10.2. The minimum atomic E-state index is 0.534. The van der Waals surface area contributed by atoms with Gasteiger partial charge < -0.3 is 20.1 Å². The van der Waals surface area contributed by atoms with E-state index in [0.29, 0.717) is 6.61 Å². The molecular weight excluding hydrogens is 350 g/mol. The maximum atomic E-state index is 6.21. The number of hydrogen-bond donors (Lipinski definition) is 1. The van der Waals surface area contributed by atoms with E-state index in [1.165, 1.54) is 17.7 Å². The summed E-state index contributed by atoms with van der Waals surface area (Å²) >= 11 is 0. The minimum absolute atomic E-state index is 0.534. The molecule has 2 aromatic rings. The van der Waals surface area contributed by atoms with Crippen LogP contribution in [-0.2, 0) is 6.61 Å². The molecule has 0 amide bonds. The molecule has 0 unspecified atom stereocenters. The standard InChI is InChI=1S/C23H33N3O2/c1-19-8-9-23(28-18-20-6-5-7-21(17-20)27-2)22(16-19)26-14-12-25(13-15-26)11-4-3-10-24/h5-9,16-17H,3-4,10-15,18,24H2,1-2H3. The third-order valence-corrected chi connectivity index (χ3v) is 5.28. The predicted molar refractivity (Wildman–Crippen MR) is 115 cm³/mol. The summed E-state index contributed by atoms with van der Waals surface area (Å²) in [6, 6.07) is 14.5. The minimum Gasteiger partial charge on any atom is -0.497 e. The number of rotatable bonds is 9. The van der Waals surface area contributed by atoms with E-state index in [1.54, 1.807) is 7.11 Å². The number of benzene rings is 2. The smallest absolute Gasteiger partial charge is 0.143 e. The molecule has 1 aliphatic heterocycles. The zero-order valence-corrected chi connectivity index (χ0v) is 17.2. The Morgan fingerprint density at radius 2 is 1.82 bits per heavy atom. The lowest BCUT2D eigenvalue weighted by molar-refractivity contribution is 0.251. The first-order valence-corrected chi connectivity index (χ1v) is 10.2. The Morgan fingerprint density at radius 3 is 2.57 bits per heavy atom. The highest BCUT2D eigenvalue weighted by Gasteiger charge is 2.19. The lowest BCUT2D eigenvalue weighted by Gasteiger charge is -2.37. The SMILES string of the molecule is COc1cccc(COc2ccc(C)cc2N2CCN(CCCCN)CC2)c1. The summed E-state index contributed by atoms with van der Waals surface area (Å²) in [6.45, 7) is 8.85. The fourth-order valence-electron chi connectivity index (χ4n) is 3.61. The van der Waals surface area contributed by atoms with Crippen molar-refractivity contribution in [2.24, 2.45) is 5.73 Å². The zero-order valence-electron chi connectivity index (χ0n) is 17.2. The summed E-state index contributed by atoms with van der Waals surface area (Å²) in [5, 5.41) is 0. The molecule has 1 aliphatic rings. The van der Waals surface area contributed by atoms with E-state index in [-0.39, 0.29) is 0 Å². The first-order chi connectivity index (χ1) is 13.7. The van der Waals surface area contributed by atoms with Crippen molar-refractivity contribution in [2.45, 2.75) is 26.4 Å². The zero-order chi connectivity index (χ0) is 19.8. The van der Waals surface area contributed by atoms with Gasteiger partial charge in [-0.15, -0.1) is 0 Å². The van der Waals surface area contributed by atoms with Crippen LogP contribution in [0.25, 0.3) is 0 Å². The highest BCUT2D eigenvalue weighted by atomic mass is 16.5. The average Bonchev–Trinajstić information content (AvgIpc) is 2.74. The van der Waals surface area contributed by atoms with Gasteiger partial charge in [-0.1, -0.05) is 18.2 Å². The summed E-state index contributed by atoms with van der Waals surface area (Å²) in [6.07, 6.45) is 2.30. The van der Waals surface area contributed by atoms with Gasteiger partial charge in [-0.25, -0.2) is 0 Å². The van der Waals surface area contributed by atoms with Gasteiger partial charge in [0.15, 0.2) is 0 Å². The molecule has 0 radical (unpaired) electrons. The molecule has 3 rings (SSSR count). The van der Waals surface area contributed by atoms with E-state index >= 15 is 0 Å². The molecule has 2 aromatic carbocycles. The van der Waals surface area contributed by atoms with Crippen LogP contribution in [0.15, 0.2) is 42.5 Å². The van der Waals surface area contributed by atoms with Gasteiger partial charge in [0.25, 0.3) is 0 Å². The third-order valence-electron chi connectivity index (χ3n) is 5.28. The van der Waals surface area contributed by atoms with Gasteiger partial charge in [0.2, 0.25) is 0 Å². The summed E-state index contributed by atoms with van der Waals surface area (Å²) < 4.78 is 11.5. The maximum Gasteiger partial charge on any atom is 0.143 e. The molecule has 2 N–H and O–H groups in total. The average molecular weight is 384 g/mol. The van der Waals surface area contributed by atoms with Crippen molar-refractivity contribution in [3.05, 3.63) is 53.6 Å². The highest BCUT2D eigenvalue weighted by Crippen LogP contribution is 2.31. The van der Waals surface area contributed by atoms with E-state index in [0.717, 1.165) is 62.8 Å². The normalized spacial score (nSPS) is 14.9. The monoisotopic (exact) mass is 383 g/mol. The lowest BCUT2D eigenvalue weighted by atomic mass is 10.1. The van der Waals surface area contributed by atoms with Crippen molar-refractivity contribution in [2.75, 3.05) is 51.3 Å². The Bertz CT molecular complexity index is 742. The van der Waals surface area contributed by atoms with Crippen LogP contribution in [-0.4, -0.2) is 51.3 Å². The number of unbranched alkanes of at least 4 members (excludes halogenated alkanes) is 1. The Balaban J connectivity index is 1.63. The molecule has 0 bridgehead atoms. The summed E-state index contributed by atoms with van der Waals surface area (Å²) in [5.74, 6) is 1.81. The van der Waals surface area contributed by atoms with Gasteiger partial charge in [-0.2, -0.15) is 0 Å². The van der Waals surface area contributed by atoms with E-state index in [2.05, 4.69) is 41.0 Å². The van der Waals surface area contributed by atoms with E-state index < -0.39 is 0 Å². The van der Waals surface area contributed by atoms with Crippen LogP contribution in [0.3, 0.4) is 0 Å². The van der Waals surface area contributed by atoms with Crippen LogP contribution < -0.4 is 20.1 Å². The van der Waals surface area contributed by atoms with Gasteiger partial charge in [-0.3, -0.25) is 4.90 Å². The van der Waals surface area contributed by atoms with Crippen molar-refractivity contribution < 1.29 is 9.47 Å². The molecule has 0 spiro atoms. The Kier molecular flexibility index (Phi) is 7.57. The van der Waals surface area contributed by atoms with Gasteiger partial charge in [0.1, 0.15) is 18.1 Å². The van der Waals surface area contributed by atoms with Gasteiger partial charge in [-0.05, 0) is 68.2 Å². The number of nitrogens with zero attached hydrogens (tertiary/aromatic N) is 2. The number of hydrogen-bond acceptors (Lipinski definition) is 5. The molecule has 152 valence electrons. The van der Waals surface area contributed by atoms with Crippen LogP contribution in [0, 0.1) is 6.92 Å². The number of aryl methyl sites for hydroxylation is 1. The van der Waals surface area contributed by atoms with Crippen LogP contribution in [0.2, 0.25) is 0 Å². The fourth-order valence-corrected chi connectivity index (χ4v) is 3.61. The van der Waals surface area contributed by atoms with Crippen molar-refractivity contribution in [1.82, 2.24) is 4.90 Å². The number of methoxy groups -OCH3 is 1. The second-order valence-corrected chi connectivity index (χ2v) is 7.44. The quantitative estimate of drug-likeness (QED) is 0.672. The number of anilines is 1. The number of piperazine rings is 1. The highest BCUT2D eigenvalue weighted by molar-refractivity contribution is 5.60. The third kappa shape index (κ3) is 5.63. The second-order valence-electron chi connectivity index (χ2n) is 7.44. The van der Waals surface area contributed by atoms with Crippen LogP contribution in [0.4, 0.5) is 5.69 Å². The topological polar surface area (TPSA) is 51.0 Å². The molecular formula is C23H33N3O2. The number of nitrogens with two attached hydrogens (primary N) is 1. The molecule has 1 fully saturated rings. The Labute approximate surface area is 169 Å². The Morgan fingerprint density at radius 1 is 1.00 bits per heavy atom. The van der Waals surface area contributed by atoms with Crippen molar-refractivity contribution in [3.63, 3.8) is 0 Å². The summed E-state index contributed by atoms with van der Waals surface area (Å²) in [4.78, 5) is 4.99. The molecule has 28 heavy (non-hydrogen) atoms. The molecule has 0 aliphatic carbocycles. The Hall–Kier alpha value is -2.24. The van der Waals surface area contributed by atoms with E-state index in [1.807, 2.05) is 18.2 Å². The molecule has 5 nitrogen and oxygen atoms in total. The maximum absolute atomic E-state index is 6.21. The molecule has 0 atom stereocenters. The predicted octanol–water partition coefficient (Wildman–Crippen LogP) is 3.44. The molecule has 0 saturated carbocycles. The van der Waals surface area contributed by atoms with Gasteiger partial charge in [0, 0.05) is 26.2 Å². The van der Waals surface area contributed by atoms with Crippen LogP contribution in [0.5, 0.6) is 11.5 Å². The molecule has 0 aromatic heterocycles. The van der Waals surface area contributed by atoms with Gasteiger partial charge in [0.05, 0.1) is 12.8 Å². The second kappa shape index (κ2) is 10.3. The fraction of sp³-hybridized carbons (Fsp3) is 0.478. The first kappa shape index (κ1) is 20.5. The van der Waals surface area contributed by atoms with E-state index in [4.69, 9.17) is 15.2 Å². The lowest BCUT2D eigenvalue weighted by Crippen LogP contribution is -2.46. The number of ether oxygens (including phenoxy) is 2. The van der Waals surface area contributed by atoms with Crippen LogP contribution in [0.1, 0.15) is 24.0 Å². The molecule has 1 saturated heterocycles. The molecule has 5 heteroatoms. The van der Waals surface area contributed by atoms with Crippen LogP contribution >= 0.6 is 0 Å². The summed E-state index contributed by atoms with van der Waals surface area (Å²) in [5.41, 5.74) is 9.18. The van der Waals surface area contributed by atoms with Crippen molar-refractivity contribution in [3.8, 4) is 11.5 Å². The molecule has 1 heterocycles. The van der Waals surface area contributed by atoms with Crippen molar-refractivity contribution >= 4 is 5.69 Å². The van der Waals surface area contributed by atoms with Gasteiger partial charge >= 0.3 is 0 Å².